The SMILES string of the molecule is [C]1=CC=CC1=C(CCc1ccccc1)CCc1ccccc1. The zero-order chi connectivity index (χ0) is 15.0. The van der Waals surface area contributed by atoms with Crippen LogP contribution < -0.4 is 0 Å². The first-order valence-electron chi connectivity index (χ1n) is 7.98. The van der Waals surface area contributed by atoms with Gasteiger partial charge in [0.15, 0.2) is 0 Å². The average Bonchev–Trinajstić information content (AvgIpc) is 3.11. The zero-order valence-corrected chi connectivity index (χ0v) is 12.8. The summed E-state index contributed by atoms with van der Waals surface area (Å²) in [6.07, 6.45) is 14.1. The van der Waals surface area contributed by atoms with Gasteiger partial charge >= 0.3 is 0 Å². The lowest BCUT2D eigenvalue weighted by atomic mass is 9.95. The van der Waals surface area contributed by atoms with Crippen molar-refractivity contribution in [3.63, 3.8) is 0 Å². The molecule has 0 bridgehead atoms. The molecule has 22 heavy (non-hydrogen) atoms. The fourth-order valence-corrected chi connectivity index (χ4v) is 2.82. The van der Waals surface area contributed by atoms with Crippen LogP contribution in [0, 0.1) is 6.08 Å². The lowest BCUT2D eigenvalue weighted by molar-refractivity contribution is 0.828. The molecule has 0 fully saturated rings. The predicted molar refractivity (Wildman–Crippen MR) is 93.5 cm³/mol. The normalized spacial score (nSPS) is 12.8. The van der Waals surface area contributed by atoms with E-state index in [2.05, 4.69) is 78.9 Å². The zero-order valence-electron chi connectivity index (χ0n) is 12.8. The van der Waals surface area contributed by atoms with Gasteiger partial charge in [-0.25, -0.2) is 0 Å². The molecular formula is C22H21. The van der Waals surface area contributed by atoms with Gasteiger partial charge in [-0.15, -0.1) is 0 Å². The van der Waals surface area contributed by atoms with Gasteiger partial charge in [-0.05, 0) is 48.5 Å². The lowest BCUT2D eigenvalue weighted by Gasteiger charge is -2.10. The second-order valence-corrected chi connectivity index (χ2v) is 5.66. The van der Waals surface area contributed by atoms with Crippen LogP contribution in [-0.4, -0.2) is 0 Å². The minimum absolute atomic E-state index is 1.10. The van der Waals surface area contributed by atoms with E-state index in [4.69, 9.17) is 0 Å². The van der Waals surface area contributed by atoms with E-state index in [1.54, 1.807) is 0 Å². The highest BCUT2D eigenvalue weighted by Crippen LogP contribution is 2.22. The molecule has 2 aromatic carbocycles. The molecule has 1 radical (unpaired) electrons. The molecular weight excluding hydrogens is 264 g/mol. The topological polar surface area (TPSA) is 0 Å². The second kappa shape index (κ2) is 7.61. The van der Waals surface area contributed by atoms with E-state index >= 15 is 0 Å². The van der Waals surface area contributed by atoms with E-state index in [1.807, 2.05) is 6.08 Å². The number of rotatable bonds is 6. The Bertz CT molecular complexity index is 613. The molecule has 109 valence electrons. The molecule has 1 aliphatic carbocycles. The van der Waals surface area contributed by atoms with Gasteiger partial charge in [-0.3, -0.25) is 0 Å². The summed E-state index contributed by atoms with van der Waals surface area (Å²) >= 11 is 0. The van der Waals surface area contributed by atoms with E-state index < -0.39 is 0 Å². The highest BCUT2D eigenvalue weighted by Gasteiger charge is 2.06. The van der Waals surface area contributed by atoms with E-state index in [0.717, 1.165) is 25.7 Å². The molecule has 0 nitrogen and oxygen atoms in total. The van der Waals surface area contributed by atoms with Crippen LogP contribution in [0.5, 0.6) is 0 Å². The number of benzene rings is 2. The Hall–Kier alpha value is -2.34. The van der Waals surface area contributed by atoms with E-state index in [1.165, 1.54) is 22.3 Å². The van der Waals surface area contributed by atoms with E-state index in [0.29, 0.717) is 0 Å². The molecule has 2 aromatic rings. The van der Waals surface area contributed by atoms with Crippen LogP contribution in [0.4, 0.5) is 0 Å². The van der Waals surface area contributed by atoms with Gasteiger partial charge in [0.25, 0.3) is 0 Å². The Balaban J connectivity index is 1.67. The van der Waals surface area contributed by atoms with Crippen molar-refractivity contribution in [3.05, 3.63) is 107 Å². The van der Waals surface area contributed by atoms with Crippen LogP contribution in [0.2, 0.25) is 0 Å². The van der Waals surface area contributed by atoms with Crippen LogP contribution in [-0.2, 0) is 12.8 Å². The van der Waals surface area contributed by atoms with Gasteiger partial charge in [0.1, 0.15) is 0 Å². The summed E-state index contributed by atoms with van der Waals surface area (Å²) in [5, 5.41) is 0. The van der Waals surface area contributed by atoms with Crippen molar-refractivity contribution in [2.45, 2.75) is 25.7 Å². The smallest absolute Gasteiger partial charge is 0.0106 e. The first kappa shape index (κ1) is 14.6. The van der Waals surface area contributed by atoms with Crippen LogP contribution in [0.25, 0.3) is 0 Å². The number of hydrogen-bond donors (Lipinski definition) is 0. The van der Waals surface area contributed by atoms with Gasteiger partial charge in [-0.2, -0.15) is 0 Å². The molecule has 0 heteroatoms. The molecule has 0 aliphatic heterocycles. The van der Waals surface area contributed by atoms with Crippen molar-refractivity contribution >= 4 is 0 Å². The summed E-state index contributed by atoms with van der Waals surface area (Å²) in [5.41, 5.74) is 5.61. The van der Waals surface area contributed by atoms with Crippen molar-refractivity contribution in [1.82, 2.24) is 0 Å². The molecule has 0 N–H and O–H groups in total. The summed E-state index contributed by atoms with van der Waals surface area (Å²) in [7, 11) is 0. The minimum Gasteiger partial charge on any atom is -0.0622 e. The van der Waals surface area contributed by atoms with E-state index in [-0.39, 0.29) is 0 Å². The lowest BCUT2D eigenvalue weighted by Crippen LogP contribution is -1.96. The fraction of sp³-hybridized carbons (Fsp3) is 0.182. The highest BCUT2D eigenvalue weighted by molar-refractivity contribution is 5.40. The van der Waals surface area contributed by atoms with Gasteiger partial charge in [-0.1, -0.05) is 84.5 Å². The molecule has 0 saturated heterocycles. The van der Waals surface area contributed by atoms with Gasteiger partial charge in [0.05, 0.1) is 0 Å². The maximum Gasteiger partial charge on any atom is -0.0106 e. The summed E-state index contributed by atoms with van der Waals surface area (Å²) in [5.74, 6) is 0. The third-order valence-corrected chi connectivity index (χ3v) is 4.10. The first-order chi connectivity index (χ1) is 10.9. The molecule has 1 aliphatic rings. The fourth-order valence-electron chi connectivity index (χ4n) is 2.82. The van der Waals surface area contributed by atoms with Crippen LogP contribution in [0.15, 0.2) is 90.0 Å². The van der Waals surface area contributed by atoms with Gasteiger partial charge in [0.2, 0.25) is 0 Å². The van der Waals surface area contributed by atoms with E-state index in [9.17, 15) is 0 Å². The van der Waals surface area contributed by atoms with Crippen LogP contribution in [0.3, 0.4) is 0 Å². The summed E-state index contributed by atoms with van der Waals surface area (Å²) in [6.45, 7) is 0. The Morgan fingerprint density at radius 1 is 0.727 bits per heavy atom. The van der Waals surface area contributed by atoms with Crippen molar-refractivity contribution < 1.29 is 0 Å². The third kappa shape index (κ3) is 4.08. The Morgan fingerprint density at radius 3 is 1.73 bits per heavy atom. The number of aryl methyl sites for hydroxylation is 2. The van der Waals surface area contributed by atoms with Crippen LogP contribution >= 0.6 is 0 Å². The summed E-state index contributed by atoms with van der Waals surface area (Å²) in [4.78, 5) is 0. The second-order valence-electron chi connectivity index (χ2n) is 5.66. The van der Waals surface area contributed by atoms with Gasteiger partial charge in [0, 0.05) is 0 Å². The standard InChI is InChI=1S/C22H21/c1-3-9-19(10-4-1)15-17-22(21-13-7-8-14-21)18-16-20-11-5-2-6-12-20/h1-13H,15-18H2. The number of hydrogen-bond acceptors (Lipinski definition) is 0. The molecule has 0 amide bonds. The van der Waals surface area contributed by atoms with Crippen LogP contribution in [0.1, 0.15) is 24.0 Å². The Labute approximate surface area is 133 Å². The van der Waals surface area contributed by atoms with Gasteiger partial charge < -0.3 is 0 Å². The summed E-state index contributed by atoms with van der Waals surface area (Å²) in [6, 6.07) is 21.5. The highest BCUT2D eigenvalue weighted by atomic mass is 14.1. The Kier molecular flexibility index (Phi) is 5.04. The third-order valence-electron chi connectivity index (χ3n) is 4.10. The molecule has 0 spiro atoms. The molecule has 3 rings (SSSR count). The predicted octanol–water partition coefficient (Wildman–Crippen LogP) is 5.48. The van der Waals surface area contributed by atoms with Crippen molar-refractivity contribution in [2.24, 2.45) is 0 Å². The molecule has 0 atom stereocenters. The number of allylic oxidation sites excluding steroid dienone is 6. The van der Waals surface area contributed by atoms with Crippen molar-refractivity contribution in [2.75, 3.05) is 0 Å². The molecule has 0 unspecified atom stereocenters. The van der Waals surface area contributed by atoms with Crippen molar-refractivity contribution in [3.8, 4) is 0 Å². The minimum atomic E-state index is 1.10. The molecule has 0 heterocycles. The monoisotopic (exact) mass is 285 g/mol. The Morgan fingerprint density at radius 2 is 1.27 bits per heavy atom. The summed E-state index contributed by atoms with van der Waals surface area (Å²) < 4.78 is 0. The first-order valence-corrected chi connectivity index (χ1v) is 7.98. The quantitative estimate of drug-likeness (QED) is 0.659. The molecule has 0 aromatic heterocycles. The molecule has 0 saturated carbocycles. The maximum atomic E-state index is 3.37. The maximum absolute atomic E-state index is 3.37. The largest absolute Gasteiger partial charge is 0.0622 e. The average molecular weight is 285 g/mol. The van der Waals surface area contributed by atoms with Crippen molar-refractivity contribution in [1.29, 1.82) is 0 Å².